The van der Waals surface area contributed by atoms with Crippen LogP contribution in [0.25, 0.3) is 0 Å². The highest BCUT2D eigenvalue weighted by atomic mass is 16.5. The van der Waals surface area contributed by atoms with Crippen LogP contribution in [0.2, 0.25) is 0 Å². The summed E-state index contributed by atoms with van der Waals surface area (Å²) in [6.45, 7) is 5.33. The topological polar surface area (TPSA) is 86.9 Å². The summed E-state index contributed by atoms with van der Waals surface area (Å²) in [5.74, 6) is 2.55. The lowest BCUT2D eigenvalue weighted by Gasteiger charge is -2.40. The fourth-order valence-electron chi connectivity index (χ4n) is 4.76. The van der Waals surface area contributed by atoms with Gasteiger partial charge in [0.05, 0.1) is 7.11 Å². The number of aryl methyl sites for hydroxylation is 1. The van der Waals surface area contributed by atoms with E-state index in [9.17, 15) is 4.79 Å². The normalized spacial score (nSPS) is 19.2. The number of ether oxygens (including phenoxy) is 3. The lowest BCUT2D eigenvalue weighted by atomic mass is 9.75. The Morgan fingerprint density at radius 3 is 2.62 bits per heavy atom. The number of carbonyl (C=O) groups is 1. The molecule has 8 heteroatoms. The fourth-order valence-corrected chi connectivity index (χ4v) is 4.76. The third kappa shape index (κ3) is 4.66. The van der Waals surface area contributed by atoms with Crippen molar-refractivity contribution in [3.63, 3.8) is 0 Å². The standard InChI is InChI=1S/C24H33N3O5/c1-17-16-19(30-3)4-5-20(17)22(28)27-11-8-24(9-12-27,10-15-29-2)23-25-21(32-26-23)18-6-13-31-14-7-18/h4-5,16,18H,6-15H2,1-3H3. The predicted octanol–water partition coefficient (Wildman–Crippen LogP) is 3.49. The number of aromatic nitrogens is 2. The van der Waals surface area contributed by atoms with Crippen molar-refractivity contribution in [2.45, 2.75) is 50.4 Å². The molecule has 0 saturated carbocycles. The van der Waals surface area contributed by atoms with Gasteiger partial charge in [-0.3, -0.25) is 4.79 Å². The smallest absolute Gasteiger partial charge is 0.254 e. The van der Waals surface area contributed by atoms with E-state index in [1.165, 1.54) is 0 Å². The number of rotatable bonds is 7. The molecule has 0 spiro atoms. The number of carbonyl (C=O) groups excluding carboxylic acids is 1. The van der Waals surface area contributed by atoms with Crippen LogP contribution >= 0.6 is 0 Å². The van der Waals surface area contributed by atoms with Gasteiger partial charge in [-0.1, -0.05) is 5.16 Å². The van der Waals surface area contributed by atoms with Crippen LogP contribution in [0.5, 0.6) is 5.75 Å². The molecule has 2 saturated heterocycles. The highest BCUT2D eigenvalue weighted by molar-refractivity contribution is 5.95. The molecule has 174 valence electrons. The number of likely N-dealkylation sites (tertiary alicyclic amines) is 1. The first-order chi connectivity index (χ1) is 15.6. The second-order valence-corrected chi connectivity index (χ2v) is 8.84. The molecule has 2 aliphatic heterocycles. The second-order valence-electron chi connectivity index (χ2n) is 8.84. The van der Waals surface area contributed by atoms with Crippen molar-refractivity contribution >= 4 is 5.91 Å². The first-order valence-electron chi connectivity index (χ1n) is 11.4. The van der Waals surface area contributed by atoms with E-state index in [-0.39, 0.29) is 17.2 Å². The largest absolute Gasteiger partial charge is 0.497 e. The lowest BCUT2D eigenvalue weighted by Crippen LogP contribution is -2.46. The van der Waals surface area contributed by atoms with Gasteiger partial charge in [0, 0.05) is 56.9 Å². The molecule has 1 aromatic carbocycles. The molecule has 2 aliphatic rings. The summed E-state index contributed by atoms with van der Waals surface area (Å²) in [7, 11) is 3.34. The molecule has 32 heavy (non-hydrogen) atoms. The summed E-state index contributed by atoms with van der Waals surface area (Å²) in [4.78, 5) is 20.0. The van der Waals surface area contributed by atoms with Crippen molar-refractivity contribution in [1.29, 1.82) is 0 Å². The van der Waals surface area contributed by atoms with Crippen LogP contribution < -0.4 is 4.74 Å². The van der Waals surface area contributed by atoms with E-state index in [1.54, 1.807) is 14.2 Å². The first-order valence-corrected chi connectivity index (χ1v) is 11.4. The summed E-state index contributed by atoms with van der Waals surface area (Å²) in [6, 6.07) is 5.59. The lowest BCUT2D eigenvalue weighted by molar-refractivity contribution is 0.0615. The van der Waals surface area contributed by atoms with Crippen molar-refractivity contribution < 1.29 is 23.5 Å². The minimum Gasteiger partial charge on any atom is -0.497 e. The maximum Gasteiger partial charge on any atom is 0.254 e. The molecule has 1 aromatic heterocycles. The van der Waals surface area contributed by atoms with Gasteiger partial charge in [-0.05, 0) is 62.8 Å². The van der Waals surface area contributed by atoms with Crippen LogP contribution in [-0.2, 0) is 14.9 Å². The third-order valence-corrected chi connectivity index (χ3v) is 6.94. The van der Waals surface area contributed by atoms with Gasteiger partial charge >= 0.3 is 0 Å². The maximum absolute atomic E-state index is 13.2. The fraction of sp³-hybridized carbons (Fsp3) is 0.625. The zero-order chi connectivity index (χ0) is 22.6. The Kier molecular flexibility index (Phi) is 7.10. The molecule has 2 aromatic rings. The summed E-state index contributed by atoms with van der Waals surface area (Å²) in [6.07, 6.45) is 4.19. The Bertz CT molecular complexity index is 914. The Morgan fingerprint density at radius 1 is 1.22 bits per heavy atom. The number of hydrogen-bond acceptors (Lipinski definition) is 7. The molecule has 0 aliphatic carbocycles. The number of methoxy groups -OCH3 is 2. The van der Waals surface area contributed by atoms with Crippen LogP contribution in [0.3, 0.4) is 0 Å². The summed E-state index contributed by atoms with van der Waals surface area (Å²) in [5.41, 5.74) is 1.40. The molecule has 3 heterocycles. The second kappa shape index (κ2) is 10.0. The monoisotopic (exact) mass is 443 g/mol. The van der Waals surface area contributed by atoms with Gasteiger partial charge < -0.3 is 23.6 Å². The van der Waals surface area contributed by atoms with Crippen LogP contribution in [0, 0.1) is 6.92 Å². The summed E-state index contributed by atoms with van der Waals surface area (Å²) in [5, 5.41) is 4.40. The van der Waals surface area contributed by atoms with Crippen LogP contribution in [0.4, 0.5) is 0 Å². The average molecular weight is 444 g/mol. The molecule has 2 fully saturated rings. The third-order valence-electron chi connectivity index (χ3n) is 6.94. The highest BCUT2D eigenvalue weighted by Gasteiger charge is 2.41. The van der Waals surface area contributed by atoms with Crippen molar-refractivity contribution in [3.05, 3.63) is 41.0 Å². The molecule has 0 radical (unpaired) electrons. The van der Waals surface area contributed by atoms with Gasteiger partial charge in [0.15, 0.2) is 5.82 Å². The van der Waals surface area contributed by atoms with E-state index < -0.39 is 0 Å². The Labute approximate surface area is 189 Å². The Hall–Kier alpha value is -2.45. The number of hydrogen-bond donors (Lipinski definition) is 0. The minimum absolute atomic E-state index is 0.0569. The molecule has 0 bridgehead atoms. The number of piperidine rings is 1. The SMILES string of the molecule is COCCC1(c2noc(C3CCOCC3)n2)CCN(C(=O)c2ccc(OC)cc2C)CC1. The van der Waals surface area contributed by atoms with E-state index in [0.717, 1.165) is 68.0 Å². The maximum atomic E-state index is 13.2. The van der Waals surface area contributed by atoms with Gasteiger partial charge in [-0.2, -0.15) is 4.98 Å². The molecular weight excluding hydrogens is 410 g/mol. The summed E-state index contributed by atoms with van der Waals surface area (Å²) < 4.78 is 21.8. The van der Waals surface area contributed by atoms with E-state index in [2.05, 4.69) is 5.16 Å². The Morgan fingerprint density at radius 2 is 1.97 bits per heavy atom. The molecule has 8 nitrogen and oxygen atoms in total. The highest BCUT2D eigenvalue weighted by Crippen LogP contribution is 2.39. The van der Waals surface area contributed by atoms with Crippen molar-refractivity contribution in [2.24, 2.45) is 0 Å². The zero-order valence-corrected chi connectivity index (χ0v) is 19.3. The number of amides is 1. The molecule has 0 N–H and O–H groups in total. The van der Waals surface area contributed by atoms with E-state index >= 15 is 0 Å². The molecular formula is C24H33N3O5. The number of benzene rings is 1. The van der Waals surface area contributed by atoms with Crippen molar-refractivity contribution in [1.82, 2.24) is 15.0 Å². The van der Waals surface area contributed by atoms with Gasteiger partial charge in [0.1, 0.15) is 5.75 Å². The van der Waals surface area contributed by atoms with Gasteiger partial charge in [-0.15, -0.1) is 0 Å². The van der Waals surface area contributed by atoms with E-state index in [4.69, 9.17) is 23.7 Å². The van der Waals surface area contributed by atoms with E-state index in [0.29, 0.717) is 25.6 Å². The number of nitrogens with zero attached hydrogens (tertiary/aromatic N) is 3. The molecule has 0 unspecified atom stereocenters. The van der Waals surface area contributed by atoms with Crippen LogP contribution in [-0.4, -0.2) is 68.1 Å². The summed E-state index contributed by atoms with van der Waals surface area (Å²) >= 11 is 0. The molecule has 4 rings (SSSR count). The quantitative estimate of drug-likeness (QED) is 0.647. The average Bonchev–Trinajstić information content (AvgIpc) is 3.34. The van der Waals surface area contributed by atoms with Crippen molar-refractivity contribution in [2.75, 3.05) is 47.1 Å². The van der Waals surface area contributed by atoms with Crippen molar-refractivity contribution in [3.8, 4) is 5.75 Å². The molecule has 1 amide bonds. The van der Waals surface area contributed by atoms with Gasteiger partial charge in [0.2, 0.25) is 5.89 Å². The zero-order valence-electron chi connectivity index (χ0n) is 19.3. The van der Waals surface area contributed by atoms with Crippen LogP contribution in [0.1, 0.15) is 65.7 Å². The minimum atomic E-state index is -0.241. The molecule has 0 atom stereocenters. The van der Waals surface area contributed by atoms with E-state index in [1.807, 2.05) is 30.0 Å². The first kappa shape index (κ1) is 22.7. The predicted molar refractivity (Wildman–Crippen MR) is 118 cm³/mol. The van der Waals surface area contributed by atoms with Crippen LogP contribution in [0.15, 0.2) is 22.7 Å². The Balaban J connectivity index is 1.48. The van der Waals surface area contributed by atoms with Gasteiger partial charge in [0.25, 0.3) is 5.91 Å². The van der Waals surface area contributed by atoms with Gasteiger partial charge in [-0.25, -0.2) is 0 Å².